The molecule has 1 aromatic heterocycles. The number of anilines is 1. The molecule has 12 heteroatoms. The Morgan fingerprint density at radius 1 is 1.19 bits per heavy atom. The van der Waals surface area contributed by atoms with Crippen LogP contribution >= 0.6 is 0 Å². The van der Waals surface area contributed by atoms with Crippen LogP contribution in [-0.4, -0.2) is 34.3 Å². The number of methoxy groups -OCH3 is 1. The van der Waals surface area contributed by atoms with Gasteiger partial charge in [-0.2, -0.15) is 13.9 Å². The van der Waals surface area contributed by atoms with E-state index in [1.165, 1.54) is 60.5 Å². The summed E-state index contributed by atoms with van der Waals surface area (Å²) in [6.45, 7) is -3.18. The molecule has 0 saturated carbocycles. The van der Waals surface area contributed by atoms with Crippen LogP contribution in [0.3, 0.4) is 0 Å². The first-order valence-electron chi connectivity index (χ1n) is 8.71. The number of aromatic nitrogens is 2. The maximum atomic E-state index is 12.4. The number of hydrogen-bond acceptors (Lipinski definition) is 7. The van der Waals surface area contributed by atoms with Crippen molar-refractivity contribution in [2.75, 3.05) is 12.4 Å². The zero-order valence-electron chi connectivity index (χ0n) is 16.0. The Kier molecular flexibility index (Phi) is 6.60. The van der Waals surface area contributed by atoms with Crippen molar-refractivity contribution >= 4 is 17.3 Å². The molecule has 0 saturated heterocycles. The van der Waals surface area contributed by atoms with Crippen LogP contribution in [0, 0.1) is 10.1 Å². The first-order chi connectivity index (χ1) is 14.9. The molecule has 162 valence electrons. The van der Waals surface area contributed by atoms with Gasteiger partial charge in [0, 0.05) is 24.0 Å². The van der Waals surface area contributed by atoms with E-state index in [0.717, 1.165) is 0 Å². The summed E-state index contributed by atoms with van der Waals surface area (Å²) < 4.78 is 40.8. The maximum absolute atomic E-state index is 12.4. The monoisotopic (exact) mass is 434 g/mol. The number of nitrogens with one attached hydrogen (secondary N) is 1. The minimum absolute atomic E-state index is 0.0153. The van der Waals surface area contributed by atoms with E-state index in [0.29, 0.717) is 0 Å². The molecule has 0 spiro atoms. The standard InChI is InChI=1S/C19H16F2N4O6/c1-29-17-10-12(6-7-16(17)31-19(20)21)22-18(26)13-8-9-24(23-13)11-30-15-5-3-2-4-14(15)25(27)28/h2-10,19H,11H2,1H3,(H,22,26). The number of rotatable bonds is 9. The topological polar surface area (TPSA) is 118 Å². The van der Waals surface area contributed by atoms with Gasteiger partial charge in [-0.1, -0.05) is 12.1 Å². The Labute approximate surface area is 174 Å². The van der Waals surface area contributed by atoms with E-state index >= 15 is 0 Å². The van der Waals surface area contributed by atoms with Crippen LogP contribution in [-0.2, 0) is 6.73 Å². The minimum Gasteiger partial charge on any atom is -0.493 e. The number of halogens is 2. The van der Waals surface area contributed by atoms with E-state index in [9.17, 15) is 23.7 Å². The number of hydrogen-bond donors (Lipinski definition) is 1. The van der Waals surface area contributed by atoms with Gasteiger partial charge in [0.2, 0.25) is 0 Å². The average molecular weight is 434 g/mol. The van der Waals surface area contributed by atoms with Gasteiger partial charge in [0.15, 0.2) is 29.7 Å². The molecule has 3 rings (SSSR count). The zero-order chi connectivity index (χ0) is 22.4. The van der Waals surface area contributed by atoms with Crippen molar-refractivity contribution < 1.29 is 32.7 Å². The van der Waals surface area contributed by atoms with Gasteiger partial charge in [-0.05, 0) is 24.3 Å². The summed E-state index contributed by atoms with van der Waals surface area (Å²) in [5, 5.41) is 17.6. The largest absolute Gasteiger partial charge is 0.493 e. The number of alkyl halides is 2. The van der Waals surface area contributed by atoms with E-state index in [1.807, 2.05) is 0 Å². The van der Waals surface area contributed by atoms with Crippen molar-refractivity contribution in [1.82, 2.24) is 9.78 Å². The van der Waals surface area contributed by atoms with Gasteiger partial charge >= 0.3 is 12.3 Å². The summed E-state index contributed by atoms with van der Waals surface area (Å²) in [7, 11) is 1.28. The van der Waals surface area contributed by atoms with Crippen LogP contribution < -0.4 is 19.5 Å². The third-order valence-corrected chi connectivity index (χ3v) is 3.93. The molecular formula is C19H16F2N4O6. The highest BCUT2D eigenvalue weighted by atomic mass is 19.3. The Bertz CT molecular complexity index is 1090. The van der Waals surface area contributed by atoms with Crippen molar-refractivity contribution in [2.45, 2.75) is 13.3 Å². The quantitative estimate of drug-likeness (QED) is 0.403. The van der Waals surface area contributed by atoms with E-state index < -0.39 is 17.4 Å². The zero-order valence-corrected chi connectivity index (χ0v) is 16.0. The summed E-state index contributed by atoms with van der Waals surface area (Å²) in [5.74, 6) is -0.672. The lowest BCUT2D eigenvalue weighted by molar-refractivity contribution is -0.386. The average Bonchev–Trinajstić information content (AvgIpc) is 3.22. The van der Waals surface area contributed by atoms with Crippen LogP contribution in [0.4, 0.5) is 20.2 Å². The van der Waals surface area contributed by atoms with Gasteiger partial charge in [-0.25, -0.2) is 4.68 Å². The molecule has 1 heterocycles. The summed E-state index contributed by atoms with van der Waals surface area (Å²) >= 11 is 0. The molecular weight excluding hydrogens is 418 g/mol. The molecule has 0 aliphatic carbocycles. The highest BCUT2D eigenvalue weighted by Crippen LogP contribution is 2.31. The number of ether oxygens (including phenoxy) is 3. The number of nitro benzene ring substituents is 1. The first-order valence-corrected chi connectivity index (χ1v) is 8.71. The summed E-state index contributed by atoms with van der Waals surface area (Å²) in [6.07, 6.45) is 1.46. The van der Waals surface area contributed by atoms with Crippen LogP contribution in [0.5, 0.6) is 17.2 Å². The second kappa shape index (κ2) is 9.52. The van der Waals surface area contributed by atoms with Crippen molar-refractivity contribution in [1.29, 1.82) is 0 Å². The predicted molar refractivity (Wildman–Crippen MR) is 104 cm³/mol. The molecule has 1 N–H and O–H groups in total. The van der Waals surface area contributed by atoms with Gasteiger partial charge in [0.05, 0.1) is 12.0 Å². The smallest absolute Gasteiger partial charge is 0.387 e. The maximum Gasteiger partial charge on any atom is 0.387 e. The molecule has 0 aliphatic heterocycles. The number of nitro groups is 1. The van der Waals surface area contributed by atoms with Gasteiger partial charge in [0.25, 0.3) is 5.91 Å². The van der Waals surface area contributed by atoms with Gasteiger partial charge in [-0.15, -0.1) is 0 Å². The third-order valence-electron chi connectivity index (χ3n) is 3.93. The van der Waals surface area contributed by atoms with E-state index in [1.54, 1.807) is 6.07 Å². The van der Waals surface area contributed by atoms with E-state index in [4.69, 9.17) is 9.47 Å². The Balaban J connectivity index is 1.65. The molecule has 10 nitrogen and oxygen atoms in total. The van der Waals surface area contributed by atoms with Crippen LogP contribution in [0.15, 0.2) is 54.7 Å². The fourth-order valence-corrected chi connectivity index (χ4v) is 2.55. The van der Waals surface area contributed by atoms with Crippen LogP contribution in [0.2, 0.25) is 0 Å². The molecule has 0 radical (unpaired) electrons. The number of carbonyl (C=O) groups excluding carboxylic acids is 1. The molecule has 0 unspecified atom stereocenters. The Hall–Kier alpha value is -4.22. The molecule has 2 aromatic carbocycles. The van der Waals surface area contributed by atoms with Crippen molar-refractivity contribution in [3.05, 3.63) is 70.5 Å². The lowest BCUT2D eigenvalue weighted by Gasteiger charge is -2.11. The number of amides is 1. The number of benzene rings is 2. The second-order valence-corrected chi connectivity index (χ2v) is 5.94. The first kappa shape index (κ1) is 21.5. The molecule has 0 aliphatic rings. The Morgan fingerprint density at radius 3 is 2.68 bits per heavy atom. The van der Waals surface area contributed by atoms with Gasteiger partial charge in [-0.3, -0.25) is 14.9 Å². The van der Waals surface area contributed by atoms with Crippen molar-refractivity contribution in [2.24, 2.45) is 0 Å². The second-order valence-electron chi connectivity index (χ2n) is 5.94. The fourth-order valence-electron chi connectivity index (χ4n) is 2.55. The summed E-state index contributed by atoms with van der Waals surface area (Å²) in [5.41, 5.74) is 0.119. The van der Waals surface area contributed by atoms with Crippen LogP contribution in [0.1, 0.15) is 10.5 Å². The van der Waals surface area contributed by atoms with Crippen molar-refractivity contribution in [3.8, 4) is 17.2 Å². The van der Waals surface area contributed by atoms with E-state index in [2.05, 4.69) is 15.2 Å². The molecule has 3 aromatic rings. The van der Waals surface area contributed by atoms with E-state index in [-0.39, 0.29) is 41.0 Å². The molecule has 0 bridgehead atoms. The summed E-state index contributed by atoms with van der Waals surface area (Å²) in [6, 6.07) is 11.2. The van der Waals surface area contributed by atoms with Crippen LogP contribution in [0.25, 0.3) is 0 Å². The SMILES string of the molecule is COc1cc(NC(=O)c2ccn(COc3ccccc3[N+](=O)[O-])n2)ccc1OC(F)F. The van der Waals surface area contributed by atoms with Gasteiger partial charge < -0.3 is 19.5 Å². The molecule has 31 heavy (non-hydrogen) atoms. The highest BCUT2D eigenvalue weighted by molar-refractivity contribution is 6.02. The predicted octanol–water partition coefficient (Wildman–Crippen LogP) is 3.69. The fraction of sp³-hybridized carbons (Fsp3) is 0.158. The normalized spacial score (nSPS) is 10.6. The van der Waals surface area contributed by atoms with Crippen molar-refractivity contribution in [3.63, 3.8) is 0 Å². The number of nitrogens with zero attached hydrogens (tertiary/aromatic N) is 3. The number of carbonyl (C=O) groups is 1. The molecule has 0 atom stereocenters. The molecule has 1 amide bonds. The Morgan fingerprint density at radius 2 is 1.97 bits per heavy atom. The third kappa shape index (κ3) is 5.44. The number of para-hydroxylation sites is 2. The summed E-state index contributed by atoms with van der Waals surface area (Å²) in [4.78, 5) is 22.8. The lowest BCUT2D eigenvalue weighted by Crippen LogP contribution is -2.14. The minimum atomic E-state index is -3.02. The van der Waals surface area contributed by atoms with Gasteiger partial charge in [0.1, 0.15) is 0 Å². The highest BCUT2D eigenvalue weighted by Gasteiger charge is 2.16. The molecule has 0 fully saturated rings. The lowest BCUT2D eigenvalue weighted by atomic mass is 10.2.